The quantitative estimate of drug-likeness (QED) is 0.292. The number of ether oxygens (including phenoxy) is 2. The van der Waals surface area contributed by atoms with E-state index in [1.807, 2.05) is 24.3 Å². The zero-order valence-corrected chi connectivity index (χ0v) is 21.4. The fourth-order valence-corrected chi connectivity index (χ4v) is 3.51. The van der Waals surface area contributed by atoms with Crippen molar-refractivity contribution in [3.8, 4) is 5.75 Å². The first-order valence-electron chi connectivity index (χ1n) is 11.1. The van der Waals surface area contributed by atoms with E-state index in [0.29, 0.717) is 21.4 Å². The number of nitrogens with zero attached hydrogens (tertiary/aromatic N) is 1. The summed E-state index contributed by atoms with van der Waals surface area (Å²) in [7, 11) is 0. The largest absolute Gasteiger partial charge is 0.429 e. The van der Waals surface area contributed by atoms with Gasteiger partial charge in [0.25, 0.3) is 5.91 Å². The van der Waals surface area contributed by atoms with E-state index in [4.69, 9.17) is 32.7 Å². The van der Waals surface area contributed by atoms with Crippen molar-refractivity contribution in [2.24, 2.45) is 0 Å². The Morgan fingerprint density at radius 3 is 2.03 bits per heavy atom. The lowest BCUT2D eigenvalue weighted by atomic mass is 9.97. The number of pyridine rings is 1. The Hall–Kier alpha value is -3.68. The monoisotopic (exact) mass is 526 g/mol. The number of carbonyl (C=O) groups excluding carboxylic acids is 3. The third-order valence-corrected chi connectivity index (χ3v) is 5.57. The van der Waals surface area contributed by atoms with Gasteiger partial charge in [0.15, 0.2) is 11.4 Å². The molecule has 2 aromatic carbocycles. The van der Waals surface area contributed by atoms with Crippen LogP contribution in [0, 0.1) is 0 Å². The predicted molar refractivity (Wildman–Crippen MR) is 138 cm³/mol. The first-order chi connectivity index (χ1) is 17.2. The number of nitrogens with one attached hydrogen (secondary N) is 1. The van der Waals surface area contributed by atoms with Crippen LogP contribution in [0.2, 0.25) is 10.0 Å². The van der Waals surface area contributed by atoms with Gasteiger partial charge in [0.1, 0.15) is 11.8 Å². The van der Waals surface area contributed by atoms with Crippen molar-refractivity contribution in [1.82, 2.24) is 10.3 Å². The van der Waals surface area contributed by atoms with E-state index >= 15 is 0 Å². The van der Waals surface area contributed by atoms with Crippen LogP contribution in [-0.4, -0.2) is 28.9 Å². The van der Waals surface area contributed by atoms with E-state index in [1.165, 1.54) is 25.3 Å². The van der Waals surface area contributed by atoms with Crippen molar-refractivity contribution >= 4 is 46.6 Å². The summed E-state index contributed by atoms with van der Waals surface area (Å²) in [5.41, 5.74) is 2.10. The van der Waals surface area contributed by atoms with E-state index < -0.39 is 23.9 Å². The number of esters is 2. The first-order valence-corrected chi connectivity index (χ1v) is 11.9. The van der Waals surface area contributed by atoms with E-state index in [0.717, 1.165) is 11.1 Å². The molecule has 0 aliphatic carbocycles. The molecule has 0 aliphatic heterocycles. The van der Waals surface area contributed by atoms with Crippen LogP contribution in [0.4, 0.5) is 0 Å². The lowest BCUT2D eigenvalue weighted by Crippen LogP contribution is -2.40. The molecule has 186 valence electrons. The minimum atomic E-state index is -1.03. The Kier molecular flexibility index (Phi) is 9.22. The minimum Gasteiger partial charge on any atom is -0.429 e. The molecule has 0 spiro atoms. The molecule has 1 amide bonds. The van der Waals surface area contributed by atoms with Crippen LogP contribution >= 0.6 is 23.2 Å². The van der Waals surface area contributed by atoms with Gasteiger partial charge < -0.3 is 14.8 Å². The highest BCUT2D eigenvalue weighted by atomic mass is 35.5. The summed E-state index contributed by atoms with van der Waals surface area (Å²) in [6.07, 6.45) is 1.52. The minimum absolute atomic E-state index is 0.00579. The molecule has 0 radical (unpaired) electrons. The van der Waals surface area contributed by atoms with Gasteiger partial charge in [0.05, 0.1) is 0 Å². The normalized spacial score (nSPS) is 11.2. The molecule has 0 saturated carbocycles. The van der Waals surface area contributed by atoms with Gasteiger partial charge in [-0.05, 0) is 61.4 Å². The standard InChI is InChI=1S/C27H24Cl2N2O5/c1-4-23(32)36-22-6-5-15-30-25(22)26(33)31-16(2)27(34)35-17(3)24(18-7-11-20(28)12-8-18)19-9-13-21(29)14-10-19/h5-16H,4H2,1-3H3,(H,31,33)/t16-/m0/s1. The van der Waals surface area contributed by atoms with Gasteiger partial charge in [-0.3, -0.25) is 9.59 Å². The zero-order valence-electron chi connectivity index (χ0n) is 19.9. The molecule has 3 rings (SSSR count). The zero-order chi connectivity index (χ0) is 26.2. The Labute approximate surface area is 219 Å². The van der Waals surface area contributed by atoms with E-state index in [9.17, 15) is 14.4 Å². The van der Waals surface area contributed by atoms with Gasteiger partial charge in [0, 0.05) is 28.2 Å². The van der Waals surface area contributed by atoms with Gasteiger partial charge >= 0.3 is 11.9 Å². The summed E-state index contributed by atoms with van der Waals surface area (Å²) in [6, 6.07) is 16.2. The molecule has 0 unspecified atom stereocenters. The Balaban J connectivity index is 1.82. The highest BCUT2D eigenvalue weighted by Gasteiger charge is 2.23. The second-order valence-electron chi connectivity index (χ2n) is 7.74. The van der Waals surface area contributed by atoms with Gasteiger partial charge in [-0.1, -0.05) is 54.4 Å². The molecule has 36 heavy (non-hydrogen) atoms. The van der Waals surface area contributed by atoms with Crippen LogP contribution in [0.5, 0.6) is 5.75 Å². The molecule has 0 saturated heterocycles. The maximum absolute atomic E-state index is 12.9. The molecule has 7 nitrogen and oxygen atoms in total. The van der Waals surface area contributed by atoms with Gasteiger partial charge in [-0.25, -0.2) is 9.78 Å². The van der Waals surface area contributed by atoms with Crippen molar-refractivity contribution in [3.05, 3.63) is 99.5 Å². The van der Waals surface area contributed by atoms with Crippen molar-refractivity contribution < 1.29 is 23.9 Å². The van der Waals surface area contributed by atoms with Crippen LogP contribution in [0.1, 0.15) is 48.8 Å². The number of aromatic nitrogens is 1. The number of halogens is 2. The molecule has 1 aromatic heterocycles. The van der Waals surface area contributed by atoms with Gasteiger partial charge in [-0.15, -0.1) is 0 Å². The highest BCUT2D eigenvalue weighted by molar-refractivity contribution is 6.31. The maximum Gasteiger partial charge on any atom is 0.333 e. The molecule has 9 heteroatoms. The molecule has 1 N–H and O–H groups in total. The summed E-state index contributed by atoms with van der Waals surface area (Å²) in [6.45, 7) is 4.78. The molecule has 1 heterocycles. The molecule has 0 aliphatic rings. The number of allylic oxidation sites excluding steroid dienone is 1. The lowest BCUT2D eigenvalue weighted by Gasteiger charge is -2.17. The fourth-order valence-electron chi connectivity index (χ4n) is 3.26. The second kappa shape index (κ2) is 12.3. The number of benzene rings is 2. The molecule has 3 aromatic rings. The lowest BCUT2D eigenvalue weighted by molar-refractivity contribution is -0.141. The molecular formula is C27H24Cl2N2O5. The third kappa shape index (κ3) is 6.93. The van der Waals surface area contributed by atoms with E-state index in [1.54, 1.807) is 38.1 Å². The smallest absolute Gasteiger partial charge is 0.333 e. The molecule has 0 bridgehead atoms. The summed E-state index contributed by atoms with van der Waals surface area (Å²) in [5, 5.41) is 3.68. The topological polar surface area (TPSA) is 94.6 Å². The SMILES string of the molecule is CCC(=O)Oc1cccnc1C(=O)N[C@@H](C)C(=O)OC(C)=C(c1ccc(Cl)cc1)c1ccc(Cl)cc1. The summed E-state index contributed by atoms with van der Waals surface area (Å²) in [4.78, 5) is 41.3. The van der Waals surface area contributed by atoms with E-state index in [-0.39, 0.29) is 17.9 Å². The first kappa shape index (κ1) is 26.9. The van der Waals surface area contributed by atoms with Crippen LogP contribution in [0.15, 0.2) is 72.6 Å². The van der Waals surface area contributed by atoms with Crippen molar-refractivity contribution in [1.29, 1.82) is 0 Å². The van der Waals surface area contributed by atoms with Crippen molar-refractivity contribution in [2.45, 2.75) is 33.2 Å². The third-order valence-electron chi connectivity index (χ3n) is 5.07. The predicted octanol–water partition coefficient (Wildman–Crippen LogP) is 5.84. The average Bonchev–Trinajstić information content (AvgIpc) is 2.86. The average molecular weight is 527 g/mol. The summed E-state index contributed by atoms with van der Waals surface area (Å²) < 4.78 is 10.8. The summed E-state index contributed by atoms with van der Waals surface area (Å²) in [5.74, 6) is -1.56. The Morgan fingerprint density at radius 1 is 0.944 bits per heavy atom. The fraction of sp³-hybridized carbons (Fsp3) is 0.185. The van der Waals surface area contributed by atoms with Crippen LogP contribution in [0.25, 0.3) is 5.57 Å². The molecule has 1 atom stereocenters. The van der Waals surface area contributed by atoms with Crippen molar-refractivity contribution in [2.75, 3.05) is 0 Å². The van der Waals surface area contributed by atoms with Gasteiger partial charge in [0.2, 0.25) is 0 Å². The van der Waals surface area contributed by atoms with E-state index in [2.05, 4.69) is 10.3 Å². The number of hydrogen-bond donors (Lipinski definition) is 1. The molecule has 0 fully saturated rings. The number of amides is 1. The van der Waals surface area contributed by atoms with Gasteiger partial charge in [-0.2, -0.15) is 0 Å². The Morgan fingerprint density at radius 2 is 1.50 bits per heavy atom. The second-order valence-corrected chi connectivity index (χ2v) is 8.61. The summed E-state index contributed by atoms with van der Waals surface area (Å²) >= 11 is 12.1. The highest BCUT2D eigenvalue weighted by Crippen LogP contribution is 2.29. The number of hydrogen-bond acceptors (Lipinski definition) is 6. The Bertz CT molecular complexity index is 1240. The number of carbonyl (C=O) groups is 3. The maximum atomic E-state index is 12.9. The van der Waals surface area contributed by atoms with Crippen LogP contribution in [0.3, 0.4) is 0 Å². The van der Waals surface area contributed by atoms with Crippen LogP contribution in [-0.2, 0) is 14.3 Å². The number of rotatable bonds is 8. The van der Waals surface area contributed by atoms with Crippen LogP contribution < -0.4 is 10.1 Å². The molecular weight excluding hydrogens is 503 g/mol. The van der Waals surface area contributed by atoms with Crippen molar-refractivity contribution in [3.63, 3.8) is 0 Å².